The maximum Gasteiger partial charge on any atom is 0.573 e. The van der Waals surface area contributed by atoms with Crippen LogP contribution in [-0.2, 0) is 6.54 Å². The van der Waals surface area contributed by atoms with E-state index in [1.165, 1.54) is 12.1 Å². The summed E-state index contributed by atoms with van der Waals surface area (Å²) in [5.74, 6) is -1.10. The fraction of sp³-hybridized carbons (Fsp3) is 0.133. The quantitative estimate of drug-likeness (QED) is 0.743. The number of ether oxygens (including phenoxy) is 1. The third-order valence-electron chi connectivity index (χ3n) is 3.09. The van der Waals surface area contributed by atoms with Crippen molar-refractivity contribution in [2.45, 2.75) is 12.9 Å². The molecule has 8 nitrogen and oxygen atoms in total. The number of tetrazole rings is 1. The highest BCUT2D eigenvalue weighted by atomic mass is 19.4. The summed E-state index contributed by atoms with van der Waals surface area (Å²) in [4.78, 5) is 17.0. The summed E-state index contributed by atoms with van der Waals surface area (Å²) in [5, 5.41) is 13.8. The lowest BCUT2D eigenvalue weighted by Crippen LogP contribution is -2.24. The van der Waals surface area contributed by atoms with Crippen molar-refractivity contribution in [2.75, 3.05) is 0 Å². The fourth-order valence-electron chi connectivity index (χ4n) is 1.96. The Balaban J connectivity index is 1.64. The van der Waals surface area contributed by atoms with Crippen molar-refractivity contribution in [1.29, 1.82) is 0 Å². The Labute approximate surface area is 144 Å². The van der Waals surface area contributed by atoms with E-state index < -0.39 is 12.3 Å². The summed E-state index contributed by atoms with van der Waals surface area (Å²) >= 11 is 0. The highest BCUT2D eigenvalue weighted by Gasteiger charge is 2.31. The van der Waals surface area contributed by atoms with E-state index >= 15 is 0 Å². The topological polar surface area (TPSA) is 94.8 Å². The number of hydrogen-bond acceptors (Lipinski definition) is 6. The largest absolute Gasteiger partial charge is 0.573 e. The summed E-state index contributed by atoms with van der Waals surface area (Å²) in [6, 6.07) is 8.35. The zero-order valence-corrected chi connectivity index (χ0v) is 13.0. The summed E-state index contributed by atoms with van der Waals surface area (Å²) < 4.78 is 40.2. The van der Waals surface area contributed by atoms with Crippen LogP contribution in [0.5, 0.6) is 5.75 Å². The predicted octanol–water partition coefficient (Wildman–Crippen LogP) is 1.89. The molecule has 0 unspecified atom stereocenters. The van der Waals surface area contributed by atoms with Crippen LogP contribution in [0, 0.1) is 0 Å². The SMILES string of the molecule is O=C(NCc1cccnc1)c1nnn(-c2ccc(OC(F)(F)F)cc2)n1. The van der Waals surface area contributed by atoms with Crippen LogP contribution in [0.4, 0.5) is 13.2 Å². The summed E-state index contributed by atoms with van der Waals surface area (Å²) in [5.41, 5.74) is 1.12. The first-order valence-electron chi connectivity index (χ1n) is 7.24. The maximum atomic E-state index is 12.1. The number of hydrogen-bond donors (Lipinski definition) is 1. The van der Waals surface area contributed by atoms with Crippen LogP contribution < -0.4 is 10.1 Å². The monoisotopic (exact) mass is 364 g/mol. The summed E-state index contributed by atoms with van der Waals surface area (Å²) in [6.45, 7) is 0.241. The van der Waals surface area contributed by atoms with Crippen LogP contribution in [0.3, 0.4) is 0 Å². The number of pyridine rings is 1. The van der Waals surface area contributed by atoms with Crippen molar-refractivity contribution >= 4 is 5.91 Å². The first-order chi connectivity index (χ1) is 12.4. The minimum atomic E-state index is -4.77. The van der Waals surface area contributed by atoms with Gasteiger partial charge < -0.3 is 10.1 Å². The van der Waals surface area contributed by atoms with Gasteiger partial charge in [-0.15, -0.1) is 28.2 Å². The van der Waals surface area contributed by atoms with Crippen LogP contribution in [-0.4, -0.2) is 37.5 Å². The van der Waals surface area contributed by atoms with Gasteiger partial charge in [-0.3, -0.25) is 9.78 Å². The summed E-state index contributed by atoms with van der Waals surface area (Å²) in [6.07, 6.45) is -1.55. The van der Waals surface area contributed by atoms with E-state index in [4.69, 9.17) is 0 Å². The molecule has 2 aromatic heterocycles. The van der Waals surface area contributed by atoms with Gasteiger partial charge in [-0.05, 0) is 41.1 Å². The highest BCUT2D eigenvalue weighted by Crippen LogP contribution is 2.23. The van der Waals surface area contributed by atoms with Crippen LogP contribution in [0.1, 0.15) is 16.2 Å². The van der Waals surface area contributed by atoms with Crippen molar-refractivity contribution in [1.82, 2.24) is 30.5 Å². The minimum absolute atomic E-state index is 0.176. The molecule has 0 saturated heterocycles. The van der Waals surface area contributed by atoms with E-state index in [-0.39, 0.29) is 18.1 Å². The molecular weight excluding hydrogens is 353 g/mol. The molecule has 0 bridgehead atoms. The van der Waals surface area contributed by atoms with E-state index in [0.717, 1.165) is 22.5 Å². The predicted molar refractivity (Wildman–Crippen MR) is 81.2 cm³/mol. The number of halogens is 3. The second kappa shape index (κ2) is 7.17. The van der Waals surface area contributed by atoms with Crippen molar-refractivity contribution in [3.05, 3.63) is 60.2 Å². The average molecular weight is 364 g/mol. The summed E-state index contributed by atoms with van der Waals surface area (Å²) in [7, 11) is 0. The second-order valence-corrected chi connectivity index (χ2v) is 4.99. The third kappa shape index (κ3) is 4.53. The molecule has 0 atom stereocenters. The Morgan fingerprint density at radius 1 is 1.19 bits per heavy atom. The standard InChI is InChI=1S/C15H11F3N6O2/c16-15(17,18)26-12-5-3-11(4-6-12)24-22-13(21-23-24)14(25)20-9-10-2-1-7-19-8-10/h1-8H,9H2,(H,20,25). The molecule has 0 aliphatic carbocycles. The number of nitrogens with one attached hydrogen (secondary N) is 1. The van der Waals surface area contributed by atoms with E-state index in [1.54, 1.807) is 24.5 Å². The number of aromatic nitrogens is 5. The zero-order valence-electron chi connectivity index (χ0n) is 13.0. The number of carbonyl (C=O) groups excluding carboxylic acids is 1. The number of alkyl halides is 3. The smallest absolute Gasteiger partial charge is 0.406 e. The van der Waals surface area contributed by atoms with Crippen LogP contribution >= 0.6 is 0 Å². The Kier molecular flexibility index (Phi) is 4.78. The Morgan fingerprint density at radius 2 is 1.96 bits per heavy atom. The van der Waals surface area contributed by atoms with Gasteiger partial charge in [0.2, 0.25) is 0 Å². The van der Waals surface area contributed by atoms with E-state index in [1.807, 2.05) is 0 Å². The molecule has 0 saturated carbocycles. The first-order valence-corrected chi connectivity index (χ1v) is 7.24. The molecule has 26 heavy (non-hydrogen) atoms. The van der Waals surface area contributed by atoms with Gasteiger partial charge >= 0.3 is 6.36 Å². The maximum absolute atomic E-state index is 12.1. The Morgan fingerprint density at radius 3 is 2.62 bits per heavy atom. The molecule has 0 spiro atoms. The lowest BCUT2D eigenvalue weighted by Gasteiger charge is -2.08. The van der Waals surface area contributed by atoms with Crippen molar-refractivity contribution in [3.63, 3.8) is 0 Å². The van der Waals surface area contributed by atoms with Gasteiger partial charge in [0, 0.05) is 18.9 Å². The molecule has 1 aromatic carbocycles. The minimum Gasteiger partial charge on any atom is -0.406 e. The molecule has 1 amide bonds. The van der Waals surface area contributed by atoms with Crippen molar-refractivity contribution < 1.29 is 22.7 Å². The lowest BCUT2D eigenvalue weighted by molar-refractivity contribution is -0.274. The van der Waals surface area contributed by atoms with Gasteiger partial charge in [0.05, 0.1) is 5.69 Å². The normalized spacial score (nSPS) is 11.2. The molecule has 0 radical (unpaired) electrons. The molecule has 0 aliphatic heterocycles. The number of nitrogens with zero attached hydrogens (tertiary/aromatic N) is 5. The van der Waals surface area contributed by atoms with Gasteiger partial charge in [0.25, 0.3) is 11.7 Å². The second-order valence-electron chi connectivity index (χ2n) is 4.99. The lowest BCUT2D eigenvalue weighted by atomic mass is 10.3. The van der Waals surface area contributed by atoms with Crippen molar-refractivity contribution in [2.24, 2.45) is 0 Å². The van der Waals surface area contributed by atoms with Gasteiger partial charge in [-0.25, -0.2) is 0 Å². The zero-order chi connectivity index (χ0) is 18.6. The highest BCUT2D eigenvalue weighted by molar-refractivity contribution is 5.90. The molecule has 11 heteroatoms. The van der Waals surface area contributed by atoms with Crippen LogP contribution in [0.15, 0.2) is 48.8 Å². The number of amides is 1. The van der Waals surface area contributed by atoms with E-state index in [0.29, 0.717) is 5.69 Å². The number of rotatable bonds is 5. The first kappa shape index (κ1) is 17.3. The Hall–Kier alpha value is -3.50. The molecule has 0 aliphatic rings. The molecule has 134 valence electrons. The molecule has 0 fully saturated rings. The molecule has 3 rings (SSSR count). The molecule has 3 aromatic rings. The van der Waals surface area contributed by atoms with Crippen molar-refractivity contribution in [3.8, 4) is 11.4 Å². The molecule has 2 heterocycles. The third-order valence-corrected chi connectivity index (χ3v) is 3.09. The molecular formula is C15H11F3N6O2. The van der Waals surface area contributed by atoms with Gasteiger partial charge in [0.15, 0.2) is 0 Å². The molecule has 1 N–H and O–H groups in total. The Bertz CT molecular complexity index is 880. The van der Waals surface area contributed by atoms with E-state index in [9.17, 15) is 18.0 Å². The van der Waals surface area contributed by atoms with Crippen LogP contribution in [0.25, 0.3) is 5.69 Å². The average Bonchev–Trinajstić information content (AvgIpc) is 3.10. The van der Waals surface area contributed by atoms with E-state index in [2.05, 4.69) is 30.4 Å². The fourth-order valence-corrected chi connectivity index (χ4v) is 1.96. The van der Waals surface area contributed by atoms with Gasteiger partial charge in [0.1, 0.15) is 5.75 Å². The van der Waals surface area contributed by atoms with Gasteiger partial charge in [-0.2, -0.15) is 0 Å². The van der Waals surface area contributed by atoms with Gasteiger partial charge in [-0.1, -0.05) is 6.07 Å². The number of carbonyl (C=O) groups is 1. The number of benzene rings is 1. The van der Waals surface area contributed by atoms with Crippen LogP contribution in [0.2, 0.25) is 0 Å².